The van der Waals surface area contributed by atoms with Gasteiger partial charge < -0.3 is 4.90 Å². The number of thiophene rings is 1. The Kier molecular flexibility index (Phi) is 3.94. The Morgan fingerprint density at radius 1 is 1.15 bits per heavy atom. The van der Waals surface area contributed by atoms with Gasteiger partial charge in [0.1, 0.15) is 0 Å². The molecule has 1 amide bonds. The van der Waals surface area contributed by atoms with E-state index in [4.69, 9.17) is 0 Å². The summed E-state index contributed by atoms with van der Waals surface area (Å²) in [5, 5.41) is 6.62. The molecule has 134 valence electrons. The largest absolute Gasteiger partial charge is 0.337 e. The van der Waals surface area contributed by atoms with Crippen molar-refractivity contribution in [3.05, 3.63) is 71.1 Å². The fourth-order valence-electron chi connectivity index (χ4n) is 3.49. The van der Waals surface area contributed by atoms with Crippen molar-refractivity contribution < 1.29 is 4.79 Å². The van der Waals surface area contributed by atoms with E-state index in [0.717, 1.165) is 40.4 Å². The van der Waals surface area contributed by atoms with Crippen LogP contribution in [0.5, 0.6) is 0 Å². The van der Waals surface area contributed by atoms with E-state index < -0.39 is 0 Å². The molecule has 5 rings (SSSR count). The van der Waals surface area contributed by atoms with Crippen LogP contribution in [0.4, 0.5) is 0 Å². The topological polar surface area (TPSA) is 63.4 Å². The quantitative estimate of drug-likeness (QED) is 0.550. The first-order valence-corrected chi connectivity index (χ1v) is 9.75. The van der Waals surface area contributed by atoms with Gasteiger partial charge in [0, 0.05) is 48.7 Å². The first-order chi connectivity index (χ1) is 13.3. The van der Waals surface area contributed by atoms with E-state index in [1.165, 1.54) is 11.3 Å². The average molecular weight is 375 g/mol. The van der Waals surface area contributed by atoms with Gasteiger partial charge in [-0.15, -0.1) is 11.3 Å². The van der Waals surface area contributed by atoms with Gasteiger partial charge in [-0.2, -0.15) is 5.10 Å². The van der Waals surface area contributed by atoms with Crippen LogP contribution in [0.25, 0.3) is 16.8 Å². The normalized spacial score (nSPS) is 16.9. The second-order valence-electron chi connectivity index (χ2n) is 6.65. The predicted octanol–water partition coefficient (Wildman–Crippen LogP) is 3.48. The lowest BCUT2D eigenvalue weighted by Crippen LogP contribution is -2.27. The smallest absolute Gasteiger partial charge is 0.263 e. The summed E-state index contributed by atoms with van der Waals surface area (Å²) in [5.74, 6) is 1.09. The standard InChI is InChI=1S/C20H17N5OS/c26-20(17-4-2-10-27-17)24-9-7-16(12-24)19-22-18-6-5-15(13-25(18)23-19)14-3-1-8-21-11-14/h1-6,8,10-11,13,16H,7,9,12H2. The Balaban J connectivity index is 1.39. The second-order valence-corrected chi connectivity index (χ2v) is 7.59. The molecule has 27 heavy (non-hydrogen) atoms. The summed E-state index contributed by atoms with van der Waals surface area (Å²) >= 11 is 1.49. The molecule has 0 aliphatic carbocycles. The Morgan fingerprint density at radius 2 is 2.11 bits per heavy atom. The van der Waals surface area contributed by atoms with E-state index in [1.54, 1.807) is 6.20 Å². The summed E-state index contributed by atoms with van der Waals surface area (Å²) in [7, 11) is 0. The van der Waals surface area contributed by atoms with E-state index in [1.807, 2.05) is 63.6 Å². The first-order valence-electron chi connectivity index (χ1n) is 8.87. The third-order valence-corrected chi connectivity index (χ3v) is 5.77. The van der Waals surface area contributed by atoms with Crippen LogP contribution >= 0.6 is 11.3 Å². The van der Waals surface area contributed by atoms with Crippen LogP contribution in [0.3, 0.4) is 0 Å². The van der Waals surface area contributed by atoms with Crippen molar-refractivity contribution in [2.45, 2.75) is 12.3 Å². The van der Waals surface area contributed by atoms with Crippen molar-refractivity contribution in [2.24, 2.45) is 0 Å². The van der Waals surface area contributed by atoms with Crippen molar-refractivity contribution >= 4 is 22.9 Å². The zero-order valence-corrected chi connectivity index (χ0v) is 15.3. The molecule has 1 aliphatic heterocycles. The Hall–Kier alpha value is -3.06. The zero-order chi connectivity index (χ0) is 18.2. The molecule has 0 N–H and O–H groups in total. The molecule has 0 spiro atoms. The molecular weight excluding hydrogens is 358 g/mol. The molecule has 0 saturated carbocycles. The lowest BCUT2D eigenvalue weighted by Gasteiger charge is -2.14. The number of hydrogen-bond donors (Lipinski definition) is 0. The highest BCUT2D eigenvalue weighted by Gasteiger charge is 2.30. The molecule has 0 bridgehead atoms. The summed E-state index contributed by atoms with van der Waals surface area (Å²) < 4.78 is 1.82. The summed E-state index contributed by atoms with van der Waals surface area (Å²) in [5.41, 5.74) is 2.92. The molecule has 4 aromatic rings. The molecule has 4 aromatic heterocycles. The number of nitrogens with zero attached hydrogens (tertiary/aromatic N) is 5. The SMILES string of the molecule is O=C(c1cccs1)N1CCC(c2nc3ccc(-c4cccnc4)cn3n2)C1. The molecule has 1 unspecified atom stereocenters. The summed E-state index contributed by atoms with van der Waals surface area (Å²) in [6.07, 6.45) is 6.47. The Labute approximate surface area is 160 Å². The molecule has 0 aromatic carbocycles. The van der Waals surface area contributed by atoms with E-state index >= 15 is 0 Å². The third-order valence-electron chi connectivity index (χ3n) is 4.91. The molecule has 1 atom stereocenters. The van der Waals surface area contributed by atoms with Gasteiger partial charge in [-0.05, 0) is 36.1 Å². The van der Waals surface area contributed by atoms with Crippen LogP contribution in [0.2, 0.25) is 0 Å². The molecule has 1 saturated heterocycles. The van der Waals surface area contributed by atoms with Crippen LogP contribution in [0, 0.1) is 0 Å². The molecule has 6 nitrogen and oxygen atoms in total. The zero-order valence-electron chi connectivity index (χ0n) is 14.5. The van der Waals surface area contributed by atoms with Crippen molar-refractivity contribution in [1.29, 1.82) is 0 Å². The fraction of sp³-hybridized carbons (Fsp3) is 0.200. The van der Waals surface area contributed by atoms with Gasteiger partial charge in [0.2, 0.25) is 0 Å². The van der Waals surface area contributed by atoms with Crippen LogP contribution in [0.15, 0.2) is 60.4 Å². The summed E-state index contributed by atoms with van der Waals surface area (Å²) in [6, 6.07) is 11.7. The number of rotatable bonds is 3. The van der Waals surface area contributed by atoms with E-state index in [9.17, 15) is 4.79 Å². The van der Waals surface area contributed by atoms with Gasteiger partial charge in [0.25, 0.3) is 5.91 Å². The van der Waals surface area contributed by atoms with Crippen molar-refractivity contribution in [1.82, 2.24) is 24.5 Å². The molecule has 1 fully saturated rings. The van der Waals surface area contributed by atoms with Gasteiger partial charge in [0.05, 0.1) is 4.88 Å². The van der Waals surface area contributed by atoms with Crippen LogP contribution in [-0.4, -0.2) is 43.5 Å². The average Bonchev–Trinajstić information content (AvgIpc) is 3.47. The fourth-order valence-corrected chi connectivity index (χ4v) is 4.18. The minimum Gasteiger partial charge on any atom is -0.337 e. The lowest BCUT2D eigenvalue weighted by molar-refractivity contribution is 0.0795. The van der Waals surface area contributed by atoms with Crippen LogP contribution in [-0.2, 0) is 0 Å². The van der Waals surface area contributed by atoms with Crippen LogP contribution < -0.4 is 0 Å². The van der Waals surface area contributed by atoms with E-state index in [-0.39, 0.29) is 11.8 Å². The number of fused-ring (bicyclic) bond motifs is 1. The highest BCUT2D eigenvalue weighted by molar-refractivity contribution is 7.12. The monoisotopic (exact) mass is 375 g/mol. The lowest BCUT2D eigenvalue weighted by atomic mass is 10.1. The molecule has 1 aliphatic rings. The highest BCUT2D eigenvalue weighted by Crippen LogP contribution is 2.28. The predicted molar refractivity (Wildman–Crippen MR) is 104 cm³/mol. The number of carbonyl (C=O) groups excluding carboxylic acids is 1. The third kappa shape index (κ3) is 3.00. The maximum Gasteiger partial charge on any atom is 0.263 e. The van der Waals surface area contributed by atoms with Crippen molar-refractivity contribution in [2.75, 3.05) is 13.1 Å². The second kappa shape index (κ2) is 6.59. The molecule has 0 radical (unpaired) electrons. The number of amides is 1. The number of pyridine rings is 2. The summed E-state index contributed by atoms with van der Waals surface area (Å²) in [6.45, 7) is 1.42. The first kappa shape index (κ1) is 16.1. The van der Waals surface area contributed by atoms with Gasteiger partial charge in [-0.1, -0.05) is 12.1 Å². The maximum absolute atomic E-state index is 12.5. The Bertz CT molecular complexity index is 1090. The minimum atomic E-state index is 0.107. The van der Waals surface area contributed by atoms with E-state index in [0.29, 0.717) is 6.54 Å². The van der Waals surface area contributed by atoms with Gasteiger partial charge in [-0.25, -0.2) is 9.50 Å². The molecule has 7 heteroatoms. The number of hydrogen-bond acceptors (Lipinski definition) is 5. The maximum atomic E-state index is 12.5. The minimum absolute atomic E-state index is 0.107. The van der Waals surface area contributed by atoms with Gasteiger partial charge in [0.15, 0.2) is 11.5 Å². The highest BCUT2D eigenvalue weighted by atomic mass is 32.1. The molecule has 5 heterocycles. The number of likely N-dealkylation sites (tertiary alicyclic amines) is 1. The van der Waals surface area contributed by atoms with E-state index in [2.05, 4.69) is 15.1 Å². The van der Waals surface area contributed by atoms with Crippen LogP contribution in [0.1, 0.15) is 27.8 Å². The number of carbonyl (C=O) groups is 1. The van der Waals surface area contributed by atoms with Gasteiger partial charge in [-0.3, -0.25) is 9.78 Å². The molecular formula is C20H17N5OS. The van der Waals surface area contributed by atoms with Gasteiger partial charge >= 0.3 is 0 Å². The van der Waals surface area contributed by atoms with Crippen molar-refractivity contribution in [3.8, 4) is 11.1 Å². The Morgan fingerprint density at radius 3 is 2.93 bits per heavy atom. The number of aromatic nitrogens is 4. The summed E-state index contributed by atoms with van der Waals surface area (Å²) in [4.78, 5) is 24.1. The van der Waals surface area contributed by atoms with Crippen molar-refractivity contribution in [3.63, 3.8) is 0 Å².